The quantitative estimate of drug-likeness (QED) is 0.535. The van der Waals surface area contributed by atoms with Gasteiger partial charge in [0, 0.05) is 39.3 Å². The average molecular weight is 350 g/mol. The molecular weight excluding hydrogens is 322 g/mol. The lowest BCUT2D eigenvalue weighted by atomic mass is 10.1. The Morgan fingerprint density at radius 3 is 2.33 bits per heavy atom. The molecule has 1 aromatic rings. The zero-order chi connectivity index (χ0) is 17.4. The molecule has 1 aliphatic heterocycles. The smallest absolute Gasteiger partial charge is 0.252 e. The van der Waals surface area contributed by atoms with E-state index in [1.807, 2.05) is 6.92 Å². The van der Waals surface area contributed by atoms with E-state index in [0.717, 1.165) is 39.3 Å². The summed E-state index contributed by atoms with van der Waals surface area (Å²) in [4.78, 5) is 16.5. The fourth-order valence-corrected chi connectivity index (χ4v) is 2.83. The number of piperazine rings is 1. The Morgan fingerprint density at radius 1 is 1.08 bits per heavy atom. The third kappa shape index (κ3) is 6.43. The lowest BCUT2D eigenvalue weighted by Crippen LogP contribution is -2.52. The van der Waals surface area contributed by atoms with Gasteiger partial charge in [0.1, 0.15) is 0 Å². The summed E-state index contributed by atoms with van der Waals surface area (Å²) in [7, 11) is 0. The highest BCUT2D eigenvalue weighted by Crippen LogP contribution is 2.09. The first-order valence-corrected chi connectivity index (χ1v) is 8.80. The second-order valence-electron chi connectivity index (χ2n) is 6.07. The number of rotatable bonds is 5. The zero-order valence-corrected chi connectivity index (χ0v) is 15.3. The molecule has 6 nitrogen and oxygen atoms in total. The van der Waals surface area contributed by atoms with Crippen molar-refractivity contribution in [3.05, 3.63) is 35.4 Å². The van der Waals surface area contributed by atoms with Crippen LogP contribution in [0.2, 0.25) is 0 Å². The van der Waals surface area contributed by atoms with E-state index in [1.54, 1.807) is 0 Å². The Morgan fingerprint density at radius 2 is 1.71 bits per heavy atom. The number of thiocarbonyl (C=S) groups is 1. The van der Waals surface area contributed by atoms with Crippen molar-refractivity contribution in [2.75, 3.05) is 39.3 Å². The van der Waals surface area contributed by atoms with Gasteiger partial charge in [0.25, 0.3) is 5.91 Å². The van der Waals surface area contributed by atoms with Crippen LogP contribution in [0.1, 0.15) is 18.1 Å². The molecule has 0 aliphatic carbocycles. The zero-order valence-electron chi connectivity index (χ0n) is 14.5. The number of carbonyl (C=O) groups excluding carboxylic acids is 1. The van der Waals surface area contributed by atoms with Crippen LogP contribution in [0, 0.1) is 6.92 Å². The maximum Gasteiger partial charge on any atom is 0.252 e. The lowest BCUT2D eigenvalue weighted by molar-refractivity contribution is -0.123. The van der Waals surface area contributed by atoms with Crippen molar-refractivity contribution < 1.29 is 4.79 Å². The molecule has 1 heterocycles. The van der Waals surface area contributed by atoms with E-state index >= 15 is 0 Å². The minimum Gasteiger partial charge on any atom is -0.362 e. The number of aryl methyl sites for hydroxylation is 1. The number of nitrogens with zero attached hydrogens (tertiary/aromatic N) is 2. The van der Waals surface area contributed by atoms with E-state index in [2.05, 4.69) is 57.2 Å². The molecule has 0 atom stereocenters. The van der Waals surface area contributed by atoms with Crippen molar-refractivity contribution in [2.45, 2.75) is 20.4 Å². The average Bonchev–Trinajstić information content (AvgIpc) is 2.57. The molecule has 0 saturated carbocycles. The Hall–Kier alpha value is -1.70. The molecule has 1 aromatic carbocycles. The van der Waals surface area contributed by atoms with Crippen LogP contribution in [0.5, 0.6) is 0 Å². The predicted octanol–water partition coefficient (Wildman–Crippen LogP) is 0.628. The van der Waals surface area contributed by atoms with Crippen LogP contribution >= 0.6 is 12.2 Å². The number of benzene rings is 1. The molecule has 24 heavy (non-hydrogen) atoms. The molecule has 2 rings (SSSR count). The van der Waals surface area contributed by atoms with Gasteiger partial charge in [0.2, 0.25) is 0 Å². The van der Waals surface area contributed by atoms with Crippen molar-refractivity contribution in [2.24, 2.45) is 0 Å². The monoisotopic (exact) mass is 349 g/mol. The molecule has 0 bridgehead atoms. The summed E-state index contributed by atoms with van der Waals surface area (Å²) in [5, 5.41) is 3.36. The Kier molecular flexibility index (Phi) is 7.42. The summed E-state index contributed by atoms with van der Waals surface area (Å²) in [5.41, 5.74) is 7.95. The molecule has 3 N–H and O–H groups in total. The first-order valence-electron chi connectivity index (χ1n) is 8.39. The standard InChI is InChI=1S/C17H27N5OS/c1-3-18-17(24)20-19-16(23)13-22-10-8-21(9-11-22)12-15-6-4-14(2)5-7-15/h4-7H,3,8-13H2,1-2H3,(H,19,23)(H2,18,20,24). The van der Waals surface area contributed by atoms with Gasteiger partial charge >= 0.3 is 0 Å². The third-order valence-electron chi connectivity index (χ3n) is 4.01. The number of hydrogen-bond acceptors (Lipinski definition) is 4. The van der Waals surface area contributed by atoms with E-state index in [-0.39, 0.29) is 5.91 Å². The summed E-state index contributed by atoms with van der Waals surface area (Å²) in [6.45, 7) is 9.89. The second-order valence-corrected chi connectivity index (χ2v) is 6.48. The first kappa shape index (κ1) is 18.6. The van der Waals surface area contributed by atoms with Gasteiger partial charge in [-0.25, -0.2) is 0 Å². The maximum atomic E-state index is 11.9. The van der Waals surface area contributed by atoms with Crippen LogP contribution in [0.4, 0.5) is 0 Å². The molecule has 1 saturated heterocycles. The van der Waals surface area contributed by atoms with Crippen LogP contribution in [0.15, 0.2) is 24.3 Å². The van der Waals surface area contributed by atoms with Gasteiger partial charge in [-0.3, -0.25) is 25.4 Å². The van der Waals surface area contributed by atoms with Crippen molar-refractivity contribution in [3.63, 3.8) is 0 Å². The van der Waals surface area contributed by atoms with Gasteiger partial charge in [-0.15, -0.1) is 0 Å². The molecule has 1 aliphatic rings. The van der Waals surface area contributed by atoms with Crippen molar-refractivity contribution in [3.8, 4) is 0 Å². The highest BCUT2D eigenvalue weighted by atomic mass is 32.1. The number of hydrazine groups is 1. The predicted molar refractivity (Wildman–Crippen MR) is 100 cm³/mol. The van der Waals surface area contributed by atoms with E-state index in [4.69, 9.17) is 12.2 Å². The van der Waals surface area contributed by atoms with Gasteiger partial charge in [-0.1, -0.05) is 29.8 Å². The molecule has 0 radical (unpaired) electrons. The topological polar surface area (TPSA) is 59.6 Å². The molecule has 1 amide bonds. The summed E-state index contributed by atoms with van der Waals surface area (Å²) in [6, 6.07) is 8.68. The SMILES string of the molecule is CCNC(=S)NNC(=O)CN1CCN(Cc2ccc(C)cc2)CC1. The number of amides is 1. The second kappa shape index (κ2) is 9.56. The summed E-state index contributed by atoms with van der Waals surface area (Å²) >= 11 is 5.00. The molecule has 132 valence electrons. The van der Waals surface area contributed by atoms with Crippen LogP contribution in [0.25, 0.3) is 0 Å². The van der Waals surface area contributed by atoms with Gasteiger partial charge in [0.05, 0.1) is 6.54 Å². The number of nitrogens with one attached hydrogen (secondary N) is 3. The molecular formula is C17H27N5OS. The number of carbonyl (C=O) groups is 1. The van der Waals surface area contributed by atoms with Crippen molar-refractivity contribution >= 4 is 23.2 Å². The molecule has 1 fully saturated rings. The molecule has 0 spiro atoms. The summed E-state index contributed by atoms with van der Waals surface area (Å²) < 4.78 is 0. The van der Waals surface area contributed by atoms with E-state index < -0.39 is 0 Å². The van der Waals surface area contributed by atoms with Crippen LogP contribution in [-0.4, -0.2) is 60.1 Å². The minimum atomic E-state index is -0.0674. The van der Waals surface area contributed by atoms with Gasteiger partial charge in [0.15, 0.2) is 5.11 Å². The Bertz CT molecular complexity index is 540. The van der Waals surface area contributed by atoms with Gasteiger partial charge in [-0.2, -0.15) is 0 Å². The highest BCUT2D eigenvalue weighted by molar-refractivity contribution is 7.80. The third-order valence-corrected chi connectivity index (χ3v) is 4.26. The fourth-order valence-electron chi connectivity index (χ4n) is 2.63. The first-order chi connectivity index (χ1) is 11.6. The summed E-state index contributed by atoms with van der Waals surface area (Å²) in [6.07, 6.45) is 0. The van der Waals surface area contributed by atoms with Crippen LogP contribution in [-0.2, 0) is 11.3 Å². The minimum absolute atomic E-state index is 0.0674. The Balaban J connectivity index is 1.66. The van der Waals surface area contributed by atoms with E-state index in [1.165, 1.54) is 11.1 Å². The normalized spacial score (nSPS) is 15.8. The van der Waals surface area contributed by atoms with Crippen molar-refractivity contribution in [1.82, 2.24) is 26.0 Å². The highest BCUT2D eigenvalue weighted by Gasteiger charge is 2.19. The van der Waals surface area contributed by atoms with Gasteiger partial charge in [-0.05, 0) is 31.6 Å². The molecule has 0 unspecified atom stereocenters. The van der Waals surface area contributed by atoms with E-state index in [0.29, 0.717) is 11.7 Å². The lowest BCUT2D eigenvalue weighted by Gasteiger charge is -2.34. The Labute approximate surface area is 149 Å². The van der Waals surface area contributed by atoms with Gasteiger partial charge < -0.3 is 5.32 Å². The molecule has 0 aromatic heterocycles. The maximum absolute atomic E-state index is 11.9. The fraction of sp³-hybridized carbons (Fsp3) is 0.529. The van der Waals surface area contributed by atoms with Crippen molar-refractivity contribution in [1.29, 1.82) is 0 Å². The summed E-state index contributed by atoms with van der Waals surface area (Å²) in [5.74, 6) is -0.0674. The molecule has 7 heteroatoms. The van der Waals surface area contributed by atoms with Crippen LogP contribution < -0.4 is 16.2 Å². The largest absolute Gasteiger partial charge is 0.362 e. The van der Waals surface area contributed by atoms with Crippen LogP contribution in [0.3, 0.4) is 0 Å². The van der Waals surface area contributed by atoms with E-state index in [9.17, 15) is 4.79 Å². The number of hydrogen-bond donors (Lipinski definition) is 3.